The molecule has 0 aliphatic carbocycles. The molecule has 0 radical (unpaired) electrons. The summed E-state index contributed by atoms with van der Waals surface area (Å²) in [5.41, 5.74) is 6.59. The van der Waals surface area contributed by atoms with Crippen molar-refractivity contribution in [3.63, 3.8) is 0 Å². The van der Waals surface area contributed by atoms with Gasteiger partial charge in [-0.15, -0.1) is 0 Å². The Balaban J connectivity index is 1.58. The summed E-state index contributed by atoms with van der Waals surface area (Å²) >= 11 is 0. The number of aromatic nitrogens is 1. The number of carbonyl (C=O) groups excluding carboxylic acids is 1. The van der Waals surface area contributed by atoms with E-state index in [9.17, 15) is 4.79 Å². The van der Waals surface area contributed by atoms with Gasteiger partial charge in [0, 0.05) is 33.9 Å². The SMILES string of the molecule is COc1cccc(-c2ccc3c(c2)NC(=O)/C3=C/c2cccc3[nH]ccc23)c1. The lowest BCUT2D eigenvalue weighted by Crippen LogP contribution is -2.03. The Bertz CT molecular complexity index is 1250. The fourth-order valence-corrected chi connectivity index (χ4v) is 3.71. The molecular formula is C24H18N2O2. The van der Waals surface area contributed by atoms with Crippen molar-refractivity contribution in [2.24, 2.45) is 0 Å². The van der Waals surface area contributed by atoms with Crippen LogP contribution in [0.5, 0.6) is 5.75 Å². The Hall–Kier alpha value is -3.79. The van der Waals surface area contributed by atoms with Crippen LogP contribution < -0.4 is 10.1 Å². The van der Waals surface area contributed by atoms with E-state index in [1.165, 1.54) is 0 Å². The molecule has 0 atom stereocenters. The monoisotopic (exact) mass is 366 g/mol. The van der Waals surface area contributed by atoms with Crippen LogP contribution in [0.1, 0.15) is 11.1 Å². The van der Waals surface area contributed by atoms with Crippen LogP contribution >= 0.6 is 0 Å². The summed E-state index contributed by atoms with van der Waals surface area (Å²) in [7, 11) is 1.66. The smallest absolute Gasteiger partial charge is 0.256 e. The molecule has 0 saturated carbocycles. The number of carbonyl (C=O) groups is 1. The van der Waals surface area contributed by atoms with Crippen LogP contribution in [0.25, 0.3) is 33.7 Å². The molecule has 5 rings (SSSR count). The summed E-state index contributed by atoms with van der Waals surface area (Å²) in [6, 6.07) is 22.0. The average molecular weight is 366 g/mol. The number of aromatic amines is 1. The highest BCUT2D eigenvalue weighted by atomic mass is 16.5. The van der Waals surface area contributed by atoms with Crippen LogP contribution in [-0.2, 0) is 4.79 Å². The number of anilines is 1. The maximum absolute atomic E-state index is 12.7. The molecule has 0 unspecified atom stereocenters. The first-order chi connectivity index (χ1) is 13.7. The second-order valence-electron chi connectivity index (χ2n) is 6.79. The summed E-state index contributed by atoms with van der Waals surface area (Å²) < 4.78 is 5.32. The van der Waals surface area contributed by atoms with Crippen LogP contribution in [0.4, 0.5) is 5.69 Å². The molecule has 136 valence electrons. The van der Waals surface area contributed by atoms with Gasteiger partial charge in [-0.05, 0) is 53.1 Å². The molecule has 4 heteroatoms. The van der Waals surface area contributed by atoms with Crippen LogP contribution in [0.2, 0.25) is 0 Å². The first kappa shape index (κ1) is 16.4. The maximum Gasteiger partial charge on any atom is 0.256 e. The van der Waals surface area contributed by atoms with Crippen molar-refractivity contribution in [3.05, 3.63) is 84.1 Å². The number of benzene rings is 3. The number of nitrogens with one attached hydrogen (secondary N) is 2. The summed E-state index contributed by atoms with van der Waals surface area (Å²) in [6.07, 6.45) is 3.87. The summed E-state index contributed by atoms with van der Waals surface area (Å²) in [5.74, 6) is 0.729. The fraction of sp³-hybridized carbons (Fsp3) is 0.0417. The Kier molecular flexibility index (Phi) is 3.76. The second-order valence-corrected chi connectivity index (χ2v) is 6.79. The number of rotatable bonds is 3. The van der Waals surface area contributed by atoms with E-state index in [0.717, 1.165) is 44.6 Å². The van der Waals surface area contributed by atoms with Gasteiger partial charge < -0.3 is 15.0 Å². The molecule has 0 saturated heterocycles. The minimum Gasteiger partial charge on any atom is -0.497 e. The maximum atomic E-state index is 12.7. The van der Waals surface area contributed by atoms with E-state index in [1.807, 2.05) is 79.0 Å². The van der Waals surface area contributed by atoms with Gasteiger partial charge in [-0.25, -0.2) is 0 Å². The van der Waals surface area contributed by atoms with E-state index >= 15 is 0 Å². The number of hydrogen-bond donors (Lipinski definition) is 2. The Morgan fingerprint density at radius 3 is 2.68 bits per heavy atom. The average Bonchev–Trinajstić information content (AvgIpc) is 3.33. The number of methoxy groups -OCH3 is 1. The van der Waals surface area contributed by atoms with Crippen molar-refractivity contribution >= 4 is 34.1 Å². The largest absolute Gasteiger partial charge is 0.497 e. The molecule has 2 N–H and O–H groups in total. The van der Waals surface area contributed by atoms with Gasteiger partial charge in [0.1, 0.15) is 5.75 Å². The molecule has 0 bridgehead atoms. The Morgan fingerprint density at radius 2 is 1.79 bits per heavy atom. The first-order valence-electron chi connectivity index (χ1n) is 9.11. The molecule has 2 heterocycles. The van der Waals surface area contributed by atoms with E-state index in [0.29, 0.717) is 5.57 Å². The normalized spacial score (nSPS) is 14.3. The number of hydrogen-bond acceptors (Lipinski definition) is 2. The predicted molar refractivity (Wildman–Crippen MR) is 113 cm³/mol. The van der Waals surface area contributed by atoms with Crippen LogP contribution in [0.3, 0.4) is 0 Å². The van der Waals surface area contributed by atoms with E-state index < -0.39 is 0 Å². The molecule has 1 aliphatic heterocycles. The van der Waals surface area contributed by atoms with E-state index in [-0.39, 0.29) is 5.91 Å². The minimum absolute atomic E-state index is 0.0784. The van der Waals surface area contributed by atoms with Crippen molar-refractivity contribution < 1.29 is 9.53 Å². The van der Waals surface area contributed by atoms with Gasteiger partial charge in [0.15, 0.2) is 0 Å². The summed E-state index contributed by atoms with van der Waals surface area (Å²) in [5, 5.41) is 4.10. The van der Waals surface area contributed by atoms with Gasteiger partial charge in [0.2, 0.25) is 0 Å². The molecule has 3 aromatic carbocycles. The number of ether oxygens (including phenoxy) is 1. The lowest BCUT2D eigenvalue weighted by Gasteiger charge is -2.07. The molecule has 1 amide bonds. The zero-order valence-corrected chi connectivity index (χ0v) is 15.3. The summed E-state index contributed by atoms with van der Waals surface area (Å²) in [4.78, 5) is 15.9. The second kappa shape index (κ2) is 6.43. The quantitative estimate of drug-likeness (QED) is 0.481. The standard InChI is InChI=1S/C24H18N2O2/c1-28-18-6-2-4-15(12-18)16-8-9-20-21(24(27)26-23(20)14-16)13-17-5-3-7-22-19(17)10-11-25-22/h2-14,25H,1H3,(H,26,27)/b21-13+. The van der Waals surface area contributed by atoms with Crippen LogP contribution in [-0.4, -0.2) is 18.0 Å². The third-order valence-electron chi connectivity index (χ3n) is 5.13. The Morgan fingerprint density at radius 1 is 0.929 bits per heavy atom. The molecule has 4 nitrogen and oxygen atoms in total. The van der Waals surface area contributed by atoms with Gasteiger partial charge in [-0.3, -0.25) is 4.79 Å². The Labute approximate surface area is 162 Å². The third kappa shape index (κ3) is 2.67. The van der Waals surface area contributed by atoms with Gasteiger partial charge in [-0.2, -0.15) is 0 Å². The van der Waals surface area contributed by atoms with E-state index in [1.54, 1.807) is 7.11 Å². The van der Waals surface area contributed by atoms with E-state index in [2.05, 4.69) is 10.3 Å². The van der Waals surface area contributed by atoms with Crippen molar-refractivity contribution in [1.82, 2.24) is 4.98 Å². The van der Waals surface area contributed by atoms with Crippen molar-refractivity contribution in [3.8, 4) is 16.9 Å². The molecule has 4 aromatic rings. The van der Waals surface area contributed by atoms with Gasteiger partial charge in [-0.1, -0.05) is 36.4 Å². The lowest BCUT2D eigenvalue weighted by atomic mass is 9.98. The first-order valence-corrected chi connectivity index (χ1v) is 9.11. The molecule has 0 fully saturated rings. The molecular weight excluding hydrogens is 348 g/mol. The lowest BCUT2D eigenvalue weighted by molar-refractivity contribution is -0.110. The van der Waals surface area contributed by atoms with Gasteiger partial charge in [0.25, 0.3) is 5.91 Å². The molecule has 1 aliphatic rings. The predicted octanol–water partition coefficient (Wildman–Crippen LogP) is 5.34. The highest BCUT2D eigenvalue weighted by molar-refractivity contribution is 6.35. The van der Waals surface area contributed by atoms with Crippen LogP contribution in [0, 0.1) is 0 Å². The topological polar surface area (TPSA) is 54.1 Å². The molecule has 28 heavy (non-hydrogen) atoms. The molecule has 0 spiro atoms. The number of fused-ring (bicyclic) bond motifs is 2. The minimum atomic E-state index is -0.0784. The zero-order chi connectivity index (χ0) is 19.1. The van der Waals surface area contributed by atoms with Gasteiger partial charge >= 0.3 is 0 Å². The number of amides is 1. The highest BCUT2D eigenvalue weighted by Gasteiger charge is 2.24. The van der Waals surface area contributed by atoms with Crippen LogP contribution in [0.15, 0.2) is 72.9 Å². The summed E-state index contributed by atoms with van der Waals surface area (Å²) in [6.45, 7) is 0. The van der Waals surface area contributed by atoms with Gasteiger partial charge in [0.05, 0.1) is 7.11 Å². The molecule has 1 aromatic heterocycles. The van der Waals surface area contributed by atoms with Crippen molar-refractivity contribution in [2.75, 3.05) is 12.4 Å². The fourth-order valence-electron chi connectivity index (χ4n) is 3.71. The van der Waals surface area contributed by atoms with Crippen molar-refractivity contribution in [2.45, 2.75) is 0 Å². The van der Waals surface area contributed by atoms with E-state index in [4.69, 9.17) is 4.74 Å². The highest BCUT2D eigenvalue weighted by Crippen LogP contribution is 2.37. The number of H-pyrrole nitrogens is 1. The van der Waals surface area contributed by atoms with Crippen molar-refractivity contribution in [1.29, 1.82) is 0 Å². The zero-order valence-electron chi connectivity index (χ0n) is 15.3. The third-order valence-corrected chi connectivity index (χ3v) is 5.13.